The molecule has 2 aromatic rings. The summed E-state index contributed by atoms with van der Waals surface area (Å²) in [5.41, 5.74) is 2.84. The van der Waals surface area contributed by atoms with E-state index in [0.29, 0.717) is 12.5 Å². The van der Waals surface area contributed by atoms with Gasteiger partial charge in [0.1, 0.15) is 0 Å². The maximum Gasteiger partial charge on any atom is 0.233 e. The minimum absolute atomic E-state index is 0.0579. The van der Waals surface area contributed by atoms with Gasteiger partial charge in [0, 0.05) is 30.9 Å². The molecule has 1 aliphatic carbocycles. The van der Waals surface area contributed by atoms with Gasteiger partial charge in [-0.2, -0.15) is 5.10 Å². The van der Waals surface area contributed by atoms with Crippen LogP contribution in [0.15, 0.2) is 42.7 Å². The molecule has 0 saturated heterocycles. The Balaban J connectivity index is 1.44. The van der Waals surface area contributed by atoms with Crippen molar-refractivity contribution in [1.29, 1.82) is 0 Å². The van der Waals surface area contributed by atoms with Crippen molar-refractivity contribution in [2.24, 2.45) is 0 Å². The van der Waals surface area contributed by atoms with Crippen LogP contribution in [0.4, 0.5) is 0 Å². The zero-order valence-electron chi connectivity index (χ0n) is 15.1. The van der Waals surface area contributed by atoms with Crippen molar-refractivity contribution < 1.29 is 4.79 Å². The minimum Gasteiger partial charge on any atom is -0.354 e. The molecule has 1 aromatic carbocycles. The van der Waals surface area contributed by atoms with Crippen LogP contribution in [0.25, 0.3) is 0 Å². The summed E-state index contributed by atoms with van der Waals surface area (Å²) in [7, 11) is 0. The van der Waals surface area contributed by atoms with E-state index in [-0.39, 0.29) is 18.0 Å². The number of aryl methyl sites for hydroxylation is 1. The van der Waals surface area contributed by atoms with E-state index in [2.05, 4.69) is 53.8 Å². The molecular weight excluding hydrogens is 312 g/mol. The van der Waals surface area contributed by atoms with Gasteiger partial charge in [0.2, 0.25) is 5.91 Å². The number of nitrogens with zero attached hydrogens (tertiary/aromatic N) is 2. The van der Waals surface area contributed by atoms with Crippen LogP contribution in [0.1, 0.15) is 49.8 Å². The highest BCUT2D eigenvalue weighted by molar-refractivity contribution is 5.78. The number of fused-ring (bicyclic) bond motifs is 1. The first-order chi connectivity index (χ1) is 12.1. The van der Waals surface area contributed by atoms with Gasteiger partial charge in [0.25, 0.3) is 0 Å². The van der Waals surface area contributed by atoms with Crippen LogP contribution in [-0.2, 0) is 11.2 Å². The summed E-state index contributed by atoms with van der Waals surface area (Å²) in [5, 5.41) is 10.7. The molecule has 5 heteroatoms. The Bertz CT molecular complexity index is 683. The van der Waals surface area contributed by atoms with Crippen LogP contribution in [0.2, 0.25) is 0 Å². The van der Waals surface area contributed by atoms with Crippen LogP contribution in [-0.4, -0.2) is 34.8 Å². The molecule has 0 radical (unpaired) electrons. The summed E-state index contributed by atoms with van der Waals surface area (Å²) in [4.78, 5) is 12.2. The van der Waals surface area contributed by atoms with Crippen LogP contribution < -0.4 is 10.6 Å². The van der Waals surface area contributed by atoms with Gasteiger partial charge in [-0.3, -0.25) is 9.48 Å². The third-order valence-electron chi connectivity index (χ3n) is 5.29. The van der Waals surface area contributed by atoms with Crippen molar-refractivity contribution in [3.8, 4) is 0 Å². The fraction of sp³-hybridized carbons (Fsp3) is 0.500. The smallest absolute Gasteiger partial charge is 0.233 e. The summed E-state index contributed by atoms with van der Waals surface area (Å²) in [6.45, 7) is 5.24. The molecule has 1 aromatic heterocycles. The molecule has 3 rings (SSSR count). The third-order valence-corrected chi connectivity index (χ3v) is 5.29. The van der Waals surface area contributed by atoms with Crippen LogP contribution in [0.3, 0.4) is 0 Å². The first kappa shape index (κ1) is 17.7. The summed E-state index contributed by atoms with van der Waals surface area (Å²) in [5.74, 6) is 0.497. The van der Waals surface area contributed by atoms with Gasteiger partial charge in [0.15, 0.2) is 0 Å². The number of rotatable bonds is 7. The number of aromatic nitrogens is 2. The van der Waals surface area contributed by atoms with Gasteiger partial charge in [0.05, 0.1) is 12.6 Å². The Kier molecular flexibility index (Phi) is 5.87. The SMILES string of the molecule is C[C@H](NCC(=O)NC[C@H]1CCCc2ccccc21)[C@H](C)n1cccn1. The largest absolute Gasteiger partial charge is 0.354 e. The van der Waals surface area contributed by atoms with Crippen molar-refractivity contribution in [2.45, 2.75) is 51.1 Å². The molecule has 25 heavy (non-hydrogen) atoms. The van der Waals surface area contributed by atoms with Crippen LogP contribution in [0.5, 0.6) is 0 Å². The Labute approximate surface area is 149 Å². The first-order valence-corrected chi connectivity index (χ1v) is 9.22. The van der Waals surface area contributed by atoms with Crippen molar-refractivity contribution in [2.75, 3.05) is 13.1 Å². The highest BCUT2D eigenvalue weighted by Crippen LogP contribution is 2.30. The molecule has 0 fully saturated rings. The molecule has 0 bridgehead atoms. The Morgan fingerprint density at radius 3 is 2.96 bits per heavy atom. The predicted molar refractivity (Wildman–Crippen MR) is 99.5 cm³/mol. The van der Waals surface area contributed by atoms with E-state index >= 15 is 0 Å². The van der Waals surface area contributed by atoms with Crippen molar-refractivity contribution in [3.05, 3.63) is 53.9 Å². The Morgan fingerprint density at radius 2 is 2.16 bits per heavy atom. The summed E-state index contributed by atoms with van der Waals surface area (Å²) in [6.07, 6.45) is 7.23. The highest BCUT2D eigenvalue weighted by Gasteiger charge is 2.20. The number of nitrogens with one attached hydrogen (secondary N) is 2. The fourth-order valence-electron chi connectivity index (χ4n) is 3.54. The summed E-state index contributed by atoms with van der Waals surface area (Å²) >= 11 is 0. The molecule has 1 heterocycles. The van der Waals surface area contributed by atoms with E-state index in [4.69, 9.17) is 0 Å². The van der Waals surface area contributed by atoms with E-state index in [1.54, 1.807) is 6.20 Å². The zero-order chi connectivity index (χ0) is 17.6. The van der Waals surface area contributed by atoms with Crippen molar-refractivity contribution in [3.63, 3.8) is 0 Å². The molecular formula is C20H28N4O. The lowest BCUT2D eigenvalue weighted by atomic mass is 9.83. The second-order valence-corrected chi connectivity index (χ2v) is 6.99. The lowest BCUT2D eigenvalue weighted by Gasteiger charge is -2.26. The van der Waals surface area contributed by atoms with E-state index in [1.165, 1.54) is 17.5 Å². The van der Waals surface area contributed by atoms with Gasteiger partial charge < -0.3 is 10.6 Å². The quantitative estimate of drug-likeness (QED) is 0.815. The molecule has 2 N–H and O–H groups in total. The second-order valence-electron chi connectivity index (χ2n) is 6.99. The molecule has 1 aliphatic rings. The van der Waals surface area contributed by atoms with Gasteiger partial charge in [-0.25, -0.2) is 0 Å². The van der Waals surface area contributed by atoms with E-state index < -0.39 is 0 Å². The minimum atomic E-state index is 0.0579. The maximum absolute atomic E-state index is 12.2. The van der Waals surface area contributed by atoms with Gasteiger partial charge in [-0.15, -0.1) is 0 Å². The zero-order valence-corrected chi connectivity index (χ0v) is 15.1. The van der Waals surface area contributed by atoms with Crippen molar-refractivity contribution in [1.82, 2.24) is 20.4 Å². The fourth-order valence-corrected chi connectivity index (χ4v) is 3.54. The van der Waals surface area contributed by atoms with E-state index in [9.17, 15) is 4.79 Å². The standard InChI is InChI=1S/C20H28N4O/c1-15(16(2)24-12-6-11-23-24)21-14-20(25)22-13-18-9-5-8-17-7-3-4-10-19(17)18/h3-4,6-7,10-12,15-16,18,21H,5,8-9,13-14H2,1-2H3,(H,22,25)/t15-,16-,18+/m0/s1. The van der Waals surface area contributed by atoms with Gasteiger partial charge in [-0.05, 0) is 50.3 Å². The molecule has 0 spiro atoms. The monoisotopic (exact) mass is 340 g/mol. The number of carbonyl (C=O) groups excluding carboxylic acids is 1. The second kappa shape index (κ2) is 8.30. The first-order valence-electron chi connectivity index (χ1n) is 9.22. The number of amides is 1. The van der Waals surface area contributed by atoms with E-state index in [1.807, 2.05) is 16.9 Å². The topological polar surface area (TPSA) is 59.0 Å². The summed E-state index contributed by atoms with van der Waals surface area (Å²) in [6, 6.07) is 10.9. The molecule has 5 nitrogen and oxygen atoms in total. The van der Waals surface area contributed by atoms with Gasteiger partial charge in [-0.1, -0.05) is 24.3 Å². The molecule has 3 atom stereocenters. The predicted octanol–water partition coefficient (Wildman–Crippen LogP) is 2.66. The highest BCUT2D eigenvalue weighted by atomic mass is 16.1. The lowest BCUT2D eigenvalue weighted by molar-refractivity contribution is -0.120. The van der Waals surface area contributed by atoms with Gasteiger partial charge >= 0.3 is 0 Å². The Morgan fingerprint density at radius 1 is 1.32 bits per heavy atom. The number of hydrogen-bond donors (Lipinski definition) is 2. The third kappa shape index (κ3) is 4.48. The van der Waals surface area contributed by atoms with Crippen LogP contribution >= 0.6 is 0 Å². The normalized spacial score (nSPS) is 19.0. The maximum atomic E-state index is 12.2. The average Bonchev–Trinajstić information content (AvgIpc) is 3.18. The average molecular weight is 340 g/mol. The summed E-state index contributed by atoms with van der Waals surface area (Å²) < 4.78 is 1.91. The van der Waals surface area contributed by atoms with Crippen LogP contribution in [0, 0.1) is 0 Å². The van der Waals surface area contributed by atoms with Crippen molar-refractivity contribution >= 4 is 5.91 Å². The molecule has 134 valence electrons. The molecule has 1 amide bonds. The lowest BCUT2D eigenvalue weighted by Crippen LogP contribution is -2.42. The number of hydrogen-bond acceptors (Lipinski definition) is 3. The molecule has 0 unspecified atom stereocenters. The number of carbonyl (C=O) groups is 1. The number of benzene rings is 1. The Hall–Kier alpha value is -2.14. The molecule has 0 aliphatic heterocycles. The molecule has 0 saturated carbocycles. The van der Waals surface area contributed by atoms with E-state index in [0.717, 1.165) is 19.4 Å².